The van der Waals surface area contributed by atoms with Gasteiger partial charge in [-0.1, -0.05) is 33.6 Å². The zero-order chi connectivity index (χ0) is 54.0. The van der Waals surface area contributed by atoms with E-state index >= 15 is 0 Å². The highest BCUT2D eigenvalue weighted by Gasteiger charge is 2.55. The molecule has 0 radical (unpaired) electrons. The summed E-state index contributed by atoms with van der Waals surface area (Å²) in [4.78, 5) is 67.3. The van der Waals surface area contributed by atoms with Crippen LogP contribution in [0, 0.1) is 5.41 Å². The summed E-state index contributed by atoms with van der Waals surface area (Å²) in [7, 11) is 0. The molecule has 0 saturated heterocycles. The maximum atomic E-state index is 13.9. The van der Waals surface area contributed by atoms with Crippen LogP contribution in [0.3, 0.4) is 0 Å². The molecule has 0 rings (SSSR count). The van der Waals surface area contributed by atoms with Crippen molar-refractivity contribution in [3.05, 3.63) is 36.5 Å². The lowest BCUT2D eigenvalue weighted by atomic mass is 9.94. The number of esters is 6. The molecule has 27 heteroatoms. The van der Waals surface area contributed by atoms with Crippen LogP contribution in [0.25, 0.3) is 0 Å². The van der Waals surface area contributed by atoms with Gasteiger partial charge in [0.2, 0.25) is 11.3 Å². The van der Waals surface area contributed by atoms with E-state index in [1.807, 2.05) is 0 Å². The third-order valence-electron chi connectivity index (χ3n) is 8.33. The number of ether oxygens (including phenoxy) is 6. The maximum Gasteiger partial charge on any atom is 0.422 e. The number of carbonyl (C=O) groups excluding carboxylic acids is 6. The Morgan fingerprint density at radius 1 is 0.478 bits per heavy atom. The van der Waals surface area contributed by atoms with Gasteiger partial charge in [-0.3, -0.25) is 0 Å². The van der Waals surface area contributed by atoms with Crippen LogP contribution in [0.4, 0.5) is 65.9 Å². The molecule has 12 nitrogen and oxygen atoms in total. The Hall–Kier alpha value is -5.01. The Morgan fingerprint density at radius 2 is 0.836 bits per heavy atom. The first-order valence-corrected chi connectivity index (χ1v) is 19.2. The minimum atomic E-state index is -5.23. The fourth-order valence-corrected chi connectivity index (χ4v) is 3.57. The molecule has 0 spiro atoms. The Labute approximate surface area is 375 Å². The Bertz CT molecular complexity index is 1720. The molecule has 0 N–H and O–H groups in total. The summed E-state index contributed by atoms with van der Waals surface area (Å²) in [5.41, 5.74) is -9.77. The standard InChI is InChI=1S/C14H18F6O4.C14H19F5O4.C12H16F4O4/c1-5-9(24-10(21)8(2)3)13(16,17)11(22)23-7-6-12(4,15)14(18,19)20;1-6-9(23-10(20)8(2)3)13(15,16)11(21)22-7-12(4,5)14(17,18)19;1-8(2)10(18)20-7-9(17)19-6-4-5-11(3,13)12(14,15)16/h9H,2,5-7H2,1,3-4H3;9H,2,6-7H2,1,3-5H3;1,4-7H2,2-3H3. The van der Waals surface area contributed by atoms with E-state index < -0.39 is 141 Å². The van der Waals surface area contributed by atoms with Crippen LogP contribution >= 0.6 is 0 Å². The maximum absolute atomic E-state index is 13.9. The average Bonchev–Trinajstić information content (AvgIpc) is 3.17. The molecule has 390 valence electrons. The molecule has 0 aliphatic carbocycles. The minimum absolute atomic E-state index is 0.0937. The monoisotopic (exact) mass is 1010 g/mol. The van der Waals surface area contributed by atoms with Gasteiger partial charge in [-0.2, -0.15) is 57.1 Å². The fraction of sp³-hybridized carbons (Fsp3) is 0.700. The average molecular weight is 1010 g/mol. The first kappa shape index (κ1) is 66.3. The van der Waals surface area contributed by atoms with E-state index in [2.05, 4.69) is 48.2 Å². The van der Waals surface area contributed by atoms with E-state index in [-0.39, 0.29) is 36.7 Å². The van der Waals surface area contributed by atoms with E-state index in [1.54, 1.807) is 0 Å². The van der Waals surface area contributed by atoms with Gasteiger partial charge >= 0.3 is 66.2 Å². The Balaban J connectivity index is -0.000000921. The van der Waals surface area contributed by atoms with Gasteiger partial charge in [-0.15, -0.1) is 0 Å². The van der Waals surface area contributed by atoms with Crippen molar-refractivity contribution in [1.82, 2.24) is 0 Å². The topological polar surface area (TPSA) is 158 Å². The molecule has 0 aliphatic heterocycles. The summed E-state index contributed by atoms with van der Waals surface area (Å²) >= 11 is 0. The van der Waals surface area contributed by atoms with Gasteiger partial charge in [0, 0.05) is 23.1 Å². The Kier molecular flexibility index (Phi) is 26.2. The van der Waals surface area contributed by atoms with E-state index in [1.165, 1.54) is 34.6 Å². The fourth-order valence-electron chi connectivity index (χ4n) is 3.57. The van der Waals surface area contributed by atoms with Crippen LogP contribution < -0.4 is 0 Å². The molecule has 0 bridgehead atoms. The van der Waals surface area contributed by atoms with Crippen molar-refractivity contribution in [2.75, 3.05) is 26.4 Å². The summed E-state index contributed by atoms with van der Waals surface area (Å²) in [5, 5.41) is 0. The molecule has 67 heavy (non-hydrogen) atoms. The molecule has 0 saturated carbocycles. The number of hydrogen-bond acceptors (Lipinski definition) is 12. The molecule has 0 aliphatic rings. The third kappa shape index (κ3) is 23.0. The number of carbonyl (C=O) groups is 6. The highest BCUT2D eigenvalue weighted by atomic mass is 19.4. The number of rotatable bonds is 22. The zero-order valence-electron chi connectivity index (χ0n) is 37.7. The van der Waals surface area contributed by atoms with Crippen LogP contribution in [-0.2, 0) is 57.2 Å². The van der Waals surface area contributed by atoms with Crippen LogP contribution in [0.2, 0.25) is 0 Å². The highest BCUT2D eigenvalue weighted by molar-refractivity contribution is 5.89. The molecule has 0 aromatic rings. The van der Waals surface area contributed by atoms with Crippen LogP contribution in [-0.4, -0.2) is 116 Å². The quantitative estimate of drug-likeness (QED) is 0.0333. The van der Waals surface area contributed by atoms with Crippen molar-refractivity contribution in [3.8, 4) is 0 Å². The summed E-state index contributed by atoms with van der Waals surface area (Å²) < 4.78 is 219. The molecule has 4 unspecified atom stereocenters. The van der Waals surface area contributed by atoms with E-state index in [0.29, 0.717) is 20.8 Å². The summed E-state index contributed by atoms with van der Waals surface area (Å²) in [6.07, 6.45) is -22.7. The predicted molar refractivity (Wildman–Crippen MR) is 203 cm³/mol. The van der Waals surface area contributed by atoms with Crippen molar-refractivity contribution in [1.29, 1.82) is 0 Å². The zero-order valence-corrected chi connectivity index (χ0v) is 37.7. The molecule has 4 atom stereocenters. The minimum Gasteiger partial charge on any atom is -0.463 e. The molecule has 0 heterocycles. The summed E-state index contributed by atoms with van der Waals surface area (Å²) in [6.45, 7) is 14.4. The van der Waals surface area contributed by atoms with E-state index in [0.717, 1.165) is 0 Å². The van der Waals surface area contributed by atoms with Gasteiger partial charge in [0.25, 0.3) is 0 Å². The lowest BCUT2D eigenvalue weighted by molar-refractivity contribution is -0.234. The second-order valence-electron chi connectivity index (χ2n) is 15.3. The van der Waals surface area contributed by atoms with Gasteiger partial charge in [-0.25, -0.2) is 37.5 Å². The van der Waals surface area contributed by atoms with Gasteiger partial charge < -0.3 is 28.4 Å². The molecular weight excluding hydrogens is 957 g/mol. The molecule has 0 aromatic heterocycles. The molecule has 0 amide bonds. The lowest BCUT2D eigenvalue weighted by Gasteiger charge is -2.29. The number of alkyl halides is 15. The summed E-state index contributed by atoms with van der Waals surface area (Å²) in [5.74, 6) is -17.0. The van der Waals surface area contributed by atoms with E-state index in [4.69, 9.17) is 0 Å². The third-order valence-corrected chi connectivity index (χ3v) is 8.33. The number of halogens is 15. The summed E-state index contributed by atoms with van der Waals surface area (Å²) in [6, 6.07) is 0. The van der Waals surface area contributed by atoms with Crippen molar-refractivity contribution in [2.45, 2.75) is 148 Å². The van der Waals surface area contributed by atoms with Gasteiger partial charge in [0.1, 0.15) is 6.61 Å². The molecule has 0 fully saturated rings. The normalized spacial score (nSPS) is 14.9. The van der Waals surface area contributed by atoms with Crippen molar-refractivity contribution in [2.24, 2.45) is 5.41 Å². The van der Waals surface area contributed by atoms with Gasteiger partial charge in [0.05, 0.1) is 18.6 Å². The van der Waals surface area contributed by atoms with Gasteiger partial charge in [-0.05, 0) is 74.1 Å². The van der Waals surface area contributed by atoms with Crippen molar-refractivity contribution in [3.63, 3.8) is 0 Å². The van der Waals surface area contributed by atoms with E-state index in [9.17, 15) is 94.6 Å². The van der Waals surface area contributed by atoms with Crippen molar-refractivity contribution < 1.29 is 123 Å². The van der Waals surface area contributed by atoms with Crippen LogP contribution in [0.5, 0.6) is 0 Å². The largest absolute Gasteiger partial charge is 0.463 e. The molecule has 0 aromatic carbocycles. The van der Waals surface area contributed by atoms with Crippen molar-refractivity contribution >= 4 is 35.8 Å². The SMILES string of the molecule is C=C(C)C(=O)OC(CC)C(F)(F)C(=O)OCC(C)(C)C(F)(F)F.C=C(C)C(=O)OC(CC)C(F)(F)C(=O)OCCC(C)(F)C(F)(F)F.C=C(C)C(=O)OCC(=O)OCCCC(C)(F)C(F)(F)F. The smallest absolute Gasteiger partial charge is 0.422 e. The first-order chi connectivity index (χ1) is 29.8. The highest BCUT2D eigenvalue weighted by Crippen LogP contribution is 2.39. The van der Waals surface area contributed by atoms with Crippen LogP contribution in [0.15, 0.2) is 36.5 Å². The van der Waals surface area contributed by atoms with Crippen LogP contribution in [0.1, 0.15) is 94.4 Å². The number of hydrogen-bond donors (Lipinski definition) is 0. The predicted octanol–water partition coefficient (Wildman–Crippen LogP) is 10.1. The molecular formula is C40H53F15O12. The van der Waals surface area contributed by atoms with Gasteiger partial charge in [0.15, 0.2) is 18.8 Å². The lowest BCUT2D eigenvalue weighted by Crippen LogP contribution is -2.47. The second-order valence-corrected chi connectivity index (χ2v) is 15.3. The first-order valence-electron chi connectivity index (χ1n) is 19.2. The second kappa shape index (κ2) is 26.5. The Morgan fingerprint density at radius 3 is 1.16 bits per heavy atom.